The first kappa shape index (κ1) is 10.8. The first-order valence-corrected chi connectivity index (χ1v) is 6.46. The molecule has 0 spiro atoms. The fourth-order valence-electron chi connectivity index (χ4n) is 1.92. The molecule has 2 rings (SSSR count). The number of rotatable bonds is 3. The summed E-state index contributed by atoms with van der Waals surface area (Å²) in [5, 5.41) is 3.51. The minimum absolute atomic E-state index is 0.701. The molecular weight excluding hydrogens is 204 g/mol. The van der Waals surface area contributed by atoms with Gasteiger partial charge in [0.05, 0.1) is 0 Å². The molecule has 0 saturated carbocycles. The van der Waals surface area contributed by atoms with Crippen LogP contribution in [0.5, 0.6) is 0 Å². The van der Waals surface area contributed by atoms with Crippen LogP contribution < -0.4 is 11.1 Å². The quantitative estimate of drug-likeness (QED) is 0.609. The maximum Gasteiger partial charge on any atom is 0.0317 e. The standard InChI is InChI=1S/C12H18N2S/c1-9-7-10(13)4-5-12(9)15-8-11-3-2-6-14-11/h4-5,7,11,14H,2-3,6,8,13H2,1H3. The van der Waals surface area contributed by atoms with Crippen molar-refractivity contribution in [3.05, 3.63) is 23.8 Å². The number of nitrogens with two attached hydrogens (primary N) is 1. The van der Waals surface area contributed by atoms with Crippen LogP contribution in [0.15, 0.2) is 23.1 Å². The summed E-state index contributed by atoms with van der Waals surface area (Å²) in [6.45, 7) is 3.31. The van der Waals surface area contributed by atoms with Crippen molar-refractivity contribution in [2.45, 2.75) is 30.7 Å². The highest BCUT2D eigenvalue weighted by Gasteiger charge is 2.14. The van der Waals surface area contributed by atoms with Crippen molar-refractivity contribution in [1.82, 2.24) is 5.32 Å². The van der Waals surface area contributed by atoms with Gasteiger partial charge in [-0.1, -0.05) is 0 Å². The van der Waals surface area contributed by atoms with Gasteiger partial charge in [-0.25, -0.2) is 0 Å². The van der Waals surface area contributed by atoms with E-state index >= 15 is 0 Å². The van der Waals surface area contributed by atoms with Gasteiger partial charge in [0, 0.05) is 22.4 Å². The van der Waals surface area contributed by atoms with Gasteiger partial charge in [-0.15, -0.1) is 11.8 Å². The SMILES string of the molecule is Cc1cc(N)ccc1SCC1CCCN1. The lowest BCUT2D eigenvalue weighted by Crippen LogP contribution is -2.23. The molecule has 1 unspecified atom stereocenters. The van der Waals surface area contributed by atoms with Crippen molar-refractivity contribution in [1.29, 1.82) is 0 Å². The average molecular weight is 222 g/mol. The summed E-state index contributed by atoms with van der Waals surface area (Å²) in [6, 6.07) is 6.86. The van der Waals surface area contributed by atoms with Crippen LogP contribution in [0.2, 0.25) is 0 Å². The number of nitrogens with one attached hydrogen (secondary N) is 1. The molecule has 1 heterocycles. The lowest BCUT2D eigenvalue weighted by molar-refractivity contribution is 0.674. The molecule has 3 N–H and O–H groups in total. The van der Waals surface area contributed by atoms with Crippen LogP contribution in [-0.2, 0) is 0 Å². The second-order valence-electron chi connectivity index (χ2n) is 4.13. The monoisotopic (exact) mass is 222 g/mol. The number of aryl methyl sites for hydroxylation is 1. The Bertz CT molecular complexity index is 332. The van der Waals surface area contributed by atoms with E-state index in [1.165, 1.54) is 35.6 Å². The van der Waals surface area contributed by atoms with Crippen LogP contribution in [0.1, 0.15) is 18.4 Å². The van der Waals surface area contributed by atoms with Crippen LogP contribution in [0.3, 0.4) is 0 Å². The van der Waals surface area contributed by atoms with Crippen LogP contribution in [-0.4, -0.2) is 18.3 Å². The zero-order chi connectivity index (χ0) is 10.7. The van der Waals surface area contributed by atoms with Crippen molar-refractivity contribution in [2.75, 3.05) is 18.0 Å². The third-order valence-electron chi connectivity index (χ3n) is 2.80. The van der Waals surface area contributed by atoms with E-state index in [2.05, 4.69) is 18.3 Å². The normalized spacial score (nSPS) is 20.7. The van der Waals surface area contributed by atoms with E-state index in [0.29, 0.717) is 6.04 Å². The Hall–Kier alpha value is -0.670. The molecule has 15 heavy (non-hydrogen) atoms. The number of nitrogen functional groups attached to an aromatic ring is 1. The minimum Gasteiger partial charge on any atom is -0.399 e. The van der Waals surface area contributed by atoms with Gasteiger partial charge in [-0.3, -0.25) is 0 Å². The zero-order valence-electron chi connectivity index (χ0n) is 9.12. The summed E-state index contributed by atoms with van der Waals surface area (Å²) in [6.07, 6.45) is 2.65. The second-order valence-corrected chi connectivity index (χ2v) is 5.19. The first-order valence-electron chi connectivity index (χ1n) is 5.48. The van der Waals surface area contributed by atoms with Crippen LogP contribution in [0, 0.1) is 6.92 Å². The molecule has 1 aliphatic rings. The van der Waals surface area contributed by atoms with E-state index in [1.54, 1.807) is 0 Å². The molecule has 2 nitrogen and oxygen atoms in total. The van der Waals surface area contributed by atoms with Crippen molar-refractivity contribution in [3.63, 3.8) is 0 Å². The summed E-state index contributed by atoms with van der Waals surface area (Å²) >= 11 is 1.93. The number of benzene rings is 1. The van der Waals surface area contributed by atoms with Crippen LogP contribution in [0.4, 0.5) is 5.69 Å². The molecule has 0 bridgehead atoms. The molecule has 1 saturated heterocycles. The minimum atomic E-state index is 0.701. The van der Waals surface area contributed by atoms with E-state index in [0.717, 1.165) is 5.69 Å². The highest BCUT2D eigenvalue weighted by Crippen LogP contribution is 2.26. The molecule has 82 valence electrons. The predicted octanol–water partition coefficient (Wildman–Crippen LogP) is 2.42. The van der Waals surface area contributed by atoms with Gasteiger partial charge in [0.25, 0.3) is 0 Å². The molecule has 3 heteroatoms. The molecule has 1 fully saturated rings. The molecule has 0 aromatic heterocycles. The molecule has 1 atom stereocenters. The third kappa shape index (κ3) is 2.89. The maximum absolute atomic E-state index is 5.72. The molecule has 1 aliphatic heterocycles. The van der Waals surface area contributed by atoms with Crippen LogP contribution in [0.25, 0.3) is 0 Å². The Morgan fingerprint density at radius 1 is 1.53 bits per heavy atom. The van der Waals surface area contributed by atoms with Crippen LogP contribution >= 0.6 is 11.8 Å². The summed E-state index contributed by atoms with van der Waals surface area (Å²) in [4.78, 5) is 1.36. The van der Waals surface area contributed by atoms with Crippen molar-refractivity contribution in [3.8, 4) is 0 Å². The smallest absolute Gasteiger partial charge is 0.0317 e. The second kappa shape index (κ2) is 4.90. The summed E-state index contributed by atoms with van der Waals surface area (Å²) in [7, 11) is 0. The Labute approximate surface area is 95.6 Å². The Morgan fingerprint density at radius 2 is 2.40 bits per heavy atom. The topological polar surface area (TPSA) is 38.0 Å². The van der Waals surface area contributed by atoms with Gasteiger partial charge in [0.2, 0.25) is 0 Å². The summed E-state index contributed by atoms with van der Waals surface area (Å²) in [5.74, 6) is 1.17. The Balaban J connectivity index is 1.92. The molecule has 0 amide bonds. The average Bonchev–Trinajstić information content (AvgIpc) is 2.69. The van der Waals surface area contributed by atoms with E-state index in [9.17, 15) is 0 Å². The van der Waals surface area contributed by atoms with Crippen molar-refractivity contribution in [2.24, 2.45) is 0 Å². The fraction of sp³-hybridized carbons (Fsp3) is 0.500. The molecule has 1 aromatic rings. The molecule has 0 aliphatic carbocycles. The van der Waals surface area contributed by atoms with Gasteiger partial charge in [-0.05, 0) is 50.1 Å². The number of hydrogen-bond acceptors (Lipinski definition) is 3. The highest BCUT2D eigenvalue weighted by atomic mass is 32.2. The van der Waals surface area contributed by atoms with Gasteiger partial charge in [0.1, 0.15) is 0 Å². The van der Waals surface area contributed by atoms with Crippen molar-refractivity contribution >= 4 is 17.4 Å². The maximum atomic E-state index is 5.72. The first-order chi connectivity index (χ1) is 7.25. The lowest BCUT2D eigenvalue weighted by Gasteiger charge is -2.11. The Morgan fingerprint density at radius 3 is 3.07 bits per heavy atom. The van der Waals surface area contributed by atoms with Gasteiger partial charge >= 0.3 is 0 Å². The lowest BCUT2D eigenvalue weighted by atomic mass is 10.2. The van der Waals surface area contributed by atoms with Gasteiger partial charge in [0.15, 0.2) is 0 Å². The van der Waals surface area contributed by atoms with E-state index < -0.39 is 0 Å². The fourth-order valence-corrected chi connectivity index (χ4v) is 3.04. The molecular formula is C12H18N2S. The number of thioether (sulfide) groups is 1. The zero-order valence-corrected chi connectivity index (χ0v) is 9.94. The van der Waals surface area contributed by atoms with E-state index in [4.69, 9.17) is 5.73 Å². The van der Waals surface area contributed by atoms with E-state index in [-0.39, 0.29) is 0 Å². The molecule has 0 radical (unpaired) electrons. The van der Waals surface area contributed by atoms with E-state index in [1.807, 2.05) is 23.9 Å². The predicted molar refractivity (Wildman–Crippen MR) is 67.3 cm³/mol. The number of anilines is 1. The van der Waals surface area contributed by atoms with Crippen molar-refractivity contribution < 1.29 is 0 Å². The summed E-state index contributed by atoms with van der Waals surface area (Å²) < 4.78 is 0. The largest absolute Gasteiger partial charge is 0.399 e. The van der Waals surface area contributed by atoms with Gasteiger partial charge < -0.3 is 11.1 Å². The third-order valence-corrected chi connectivity index (χ3v) is 4.14. The van der Waals surface area contributed by atoms with Gasteiger partial charge in [-0.2, -0.15) is 0 Å². The Kier molecular flexibility index (Phi) is 3.54. The highest BCUT2D eigenvalue weighted by molar-refractivity contribution is 7.99. The molecule has 1 aromatic carbocycles. The number of hydrogen-bond donors (Lipinski definition) is 2. The summed E-state index contributed by atoms with van der Waals surface area (Å²) in [5.41, 5.74) is 7.87.